The first-order valence-corrected chi connectivity index (χ1v) is 7.77. The number of nitrogens with one attached hydrogen (secondary N) is 1. The summed E-state index contributed by atoms with van der Waals surface area (Å²) in [6.45, 7) is 3.92. The van der Waals surface area contributed by atoms with Crippen LogP contribution in [0.25, 0.3) is 0 Å². The lowest BCUT2D eigenvalue weighted by Crippen LogP contribution is -2.09. The molecule has 1 N–H and O–H groups in total. The van der Waals surface area contributed by atoms with Crippen molar-refractivity contribution in [2.24, 2.45) is 0 Å². The number of hydrogen-bond acceptors (Lipinski definition) is 2. The van der Waals surface area contributed by atoms with E-state index in [1.54, 1.807) is 0 Å². The fraction of sp³-hybridized carbons (Fsp3) is 0.308. The second-order valence-corrected chi connectivity index (χ2v) is 6.12. The summed E-state index contributed by atoms with van der Waals surface area (Å²) in [4.78, 5) is 0. The van der Waals surface area contributed by atoms with Crippen LogP contribution in [-0.4, -0.2) is 9.78 Å². The SMILES string of the molecule is CCCn1nccc1CNc1cc(I)ccc1Br. The summed E-state index contributed by atoms with van der Waals surface area (Å²) in [6.07, 6.45) is 2.96. The third-order valence-corrected chi connectivity index (χ3v) is 3.99. The molecule has 0 aliphatic heterocycles. The zero-order chi connectivity index (χ0) is 13.0. The molecule has 0 aliphatic carbocycles. The molecule has 0 amide bonds. The fourth-order valence-corrected chi connectivity index (χ4v) is 2.62. The molecule has 1 aromatic heterocycles. The molecule has 1 heterocycles. The van der Waals surface area contributed by atoms with Gasteiger partial charge in [0.15, 0.2) is 0 Å². The smallest absolute Gasteiger partial charge is 0.0575 e. The molecule has 2 aromatic rings. The molecule has 3 nitrogen and oxygen atoms in total. The van der Waals surface area contributed by atoms with Crippen molar-refractivity contribution >= 4 is 44.2 Å². The Morgan fingerprint density at radius 1 is 1.39 bits per heavy atom. The first-order valence-electron chi connectivity index (χ1n) is 5.90. The van der Waals surface area contributed by atoms with Gasteiger partial charge in [-0.1, -0.05) is 6.92 Å². The number of halogens is 2. The fourth-order valence-electron chi connectivity index (χ4n) is 1.74. The molecule has 0 fully saturated rings. The predicted molar refractivity (Wildman–Crippen MR) is 86.7 cm³/mol. The summed E-state index contributed by atoms with van der Waals surface area (Å²) in [5.41, 5.74) is 2.33. The molecule has 0 radical (unpaired) electrons. The number of nitrogens with zero attached hydrogens (tertiary/aromatic N) is 2. The lowest BCUT2D eigenvalue weighted by molar-refractivity contribution is 0.578. The Bertz CT molecular complexity index is 525. The summed E-state index contributed by atoms with van der Waals surface area (Å²) in [5, 5.41) is 7.76. The van der Waals surface area contributed by atoms with Gasteiger partial charge >= 0.3 is 0 Å². The van der Waals surface area contributed by atoms with E-state index >= 15 is 0 Å². The Kier molecular flexibility index (Phi) is 5.05. The molecule has 18 heavy (non-hydrogen) atoms. The van der Waals surface area contributed by atoms with Crippen molar-refractivity contribution in [2.45, 2.75) is 26.4 Å². The molecule has 5 heteroatoms. The van der Waals surface area contributed by atoms with E-state index in [0.29, 0.717) is 0 Å². The number of rotatable bonds is 5. The van der Waals surface area contributed by atoms with Crippen LogP contribution in [0.5, 0.6) is 0 Å². The molecule has 0 spiro atoms. The van der Waals surface area contributed by atoms with Crippen LogP contribution in [0.3, 0.4) is 0 Å². The lowest BCUT2D eigenvalue weighted by Gasteiger charge is -2.10. The number of anilines is 1. The quantitative estimate of drug-likeness (QED) is 0.733. The Morgan fingerprint density at radius 3 is 3.00 bits per heavy atom. The van der Waals surface area contributed by atoms with Gasteiger partial charge in [0.2, 0.25) is 0 Å². The highest BCUT2D eigenvalue weighted by atomic mass is 127. The van der Waals surface area contributed by atoms with E-state index in [2.05, 4.69) is 84.8 Å². The largest absolute Gasteiger partial charge is 0.378 e. The Morgan fingerprint density at radius 2 is 2.22 bits per heavy atom. The molecular formula is C13H15BrIN3. The molecule has 1 aromatic carbocycles. The van der Waals surface area contributed by atoms with Crippen LogP contribution in [0.4, 0.5) is 5.69 Å². The Hall–Kier alpha value is -0.560. The maximum atomic E-state index is 4.32. The summed E-state index contributed by atoms with van der Waals surface area (Å²) in [7, 11) is 0. The topological polar surface area (TPSA) is 29.9 Å². The lowest BCUT2D eigenvalue weighted by atomic mass is 10.3. The number of aromatic nitrogens is 2. The monoisotopic (exact) mass is 419 g/mol. The van der Waals surface area contributed by atoms with Crippen LogP contribution in [0.2, 0.25) is 0 Å². The molecule has 2 rings (SSSR count). The van der Waals surface area contributed by atoms with Crippen LogP contribution in [0.1, 0.15) is 19.0 Å². The van der Waals surface area contributed by atoms with Gasteiger partial charge in [-0.25, -0.2) is 0 Å². The zero-order valence-electron chi connectivity index (χ0n) is 10.2. The highest BCUT2D eigenvalue weighted by Gasteiger charge is 2.04. The van der Waals surface area contributed by atoms with Crippen molar-refractivity contribution in [2.75, 3.05) is 5.32 Å². The van der Waals surface area contributed by atoms with Crippen molar-refractivity contribution in [1.29, 1.82) is 0 Å². The Balaban J connectivity index is 2.06. The number of aryl methyl sites for hydroxylation is 1. The van der Waals surface area contributed by atoms with E-state index in [0.717, 1.165) is 29.7 Å². The van der Waals surface area contributed by atoms with Crippen molar-refractivity contribution < 1.29 is 0 Å². The molecule has 0 saturated heterocycles. The van der Waals surface area contributed by atoms with Gasteiger partial charge in [-0.3, -0.25) is 4.68 Å². The van der Waals surface area contributed by atoms with E-state index in [4.69, 9.17) is 0 Å². The van der Waals surface area contributed by atoms with Crippen LogP contribution >= 0.6 is 38.5 Å². The van der Waals surface area contributed by atoms with E-state index < -0.39 is 0 Å². The number of hydrogen-bond donors (Lipinski definition) is 1. The average Bonchev–Trinajstić information content (AvgIpc) is 2.78. The van der Waals surface area contributed by atoms with Crippen LogP contribution in [0, 0.1) is 3.57 Å². The van der Waals surface area contributed by atoms with Crippen molar-refractivity contribution in [3.05, 3.63) is 44.2 Å². The van der Waals surface area contributed by atoms with Gasteiger partial charge in [0.05, 0.1) is 12.2 Å². The normalized spacial score (nSPS) is 10.6. The maximum absolute atomic E-state index is 4.32. The molecule has 0 unspecified atom stereocenters. The first-order chi connectivity index (χ1) is 8.70. The third kappa shape index (κ3) is 3.47. The van der Waals surface area contributed by atoms with Gasteiger partial charge in [0.25, 0.3) is 0 Å². The molecule has 96 valence electrons. The summed E-state index contributed by atoms with van der Waals surface area (Å²) in [6, 6.07) is 8.33. The van der Waals surface area contributed by atoms with Crippen molar-refractivity contribution in [3.63, 3.8) is 0 Å². The summed E-state index contributed by atoms with van der Waals surface area (Å²) >= 11 is 5.87. The van der Waals surface area contributed by atoms with Gasteiger partial charge in [-0.15, -0.1) is 0 Å². The van der Waals surface area contributed by atoms with E-state index in [1.807, 2.05) is 6.20 Å². The van der Waals surface area contributed by atoms with Gasteiger partial charge in [-0.05, 0) is 69.2 Å². The minimum Gasteiger partial charge on any atom is -0.378 e. The average molecular weight is 420 g/mol. The zero-order valence-corrected chi connectivity index (χ0v) is 13.9. The number of benzene rings is 1. The van der Waals surface area contributed by atoms with Gasteiger partial charge in [-0.2, -0.15) is 5.10 Å². The molecular weight excluding hydrogens is 405 g/mol. The molecule has 0 aliphatic rings. The van der Waals surface area contributed by atoms with E-state index in [9.17, 15) is 0 Å². The highest BCUT2D eigenvalue weighted by Crippen LogP contribution is 2.24. The second-order valence-electron chi connectivity index (χ2n) is 4.02. The van der Waals surface area contributed by atoms with Gasteiger partial charge < -0.3 is 5.32 Å². The van der Waals surface area contributed by atoms with Crippen molar-refractivity contribution in [1.82, 2.24) is 9.78 Å². The van der Waals surface area contributed by atoms with Crippen LogP contribution < -0.4 is 5.32 Å². The first kappa shape index (κ1) is 13.9. The molecule has 0 bridgehead atoms. The van der Waals surface area contributed by atoms with Gasteiger partial charge in [0, 0.05) is 26.5 Å². The summed E-state index contributed by atoms with van der Waals surface area (Å²) < 4.78 is 4.36. The molecule has 0 saturated carbocycles. The predicted octanol–water partition coefficient (Wildman–Crippen LogP) is 4.27. The summed E-state index contributed by atoms with van der Waals surface area (Å²) in [5.74, 6) is 0. The minimum atomic E-state index is 0.790. The molecule has 0 atom stereocenters. The standard InChI is InChI=1S/C13H15BrIN3/c1-2-7-18-11(5-6-17-18)9-16-13-8-10(15)3-4-12(13)14/h3-6,8,16H,2,7,9H2,1H3. The highest BCUT2D eigenvalue weighted by molar-refractivity contribution is 14.1. The van der Waals surface area contributed by atoms with E-state index in [-0.39, 0.29) is 0 Å². The van der Waals surface area contributed by atoms with Crippen LogP contribution in [-0.2, 0) is 13.1 Å². The maximum Gasteiger partial charge on any atom is 0.0575 e. The van der Waals surface area contributed by atoms with Crippen molar-refractivity contribution in [3.8, 4) is 0 Å². The van der Waals surface area contributed by atoms with E-state index in [1.165, 1.54) is 9.26 Å². The second kappa shape index (κ2) is 6.56. The van der Waals surface area contributed by atoms with Gasteiger partial charge in [0.1, 0.15) is 0 Å². The van der Waals surface area contributed by atoms with Crippen LogP contribution in [0.15, 0.2) is 34.9 Å². The Labute approximate surface area is 129 Å². The minimum absolute atomic E-state index is 0.790. The third-order valence-electron chi connectivity index (χ3n) is 2.63.